The molecule has 0 radical (unpaired) electrons. The van der Waals surface area contributed by atoms with Gasteiger partial charge in [0.15, 0.2) is 5.58 Å². The fourth-order valence-corrected chi connectivity index (χ4v) is 2.77. The van der Waals surface area contributed by atoms with E-state index >= 15 is 0 Å². The highest BCUT2D eigenvalue weighted by atomic mass is 16.5. The van der Waals surface area contributed by atoms with Crippen molar-refractivity contribution in [2.75, 3.05) is 19.7 Å². The minimum absolute atomic E-state index is 0.0461. The molecule has 0 spiro atoms. The lowest BCUT2D eigenvalue weighted by molar-refractivity contribution is -0.149. The van der Waals surface area contributed by atoms with Gasteiger partial charge in [0.25, 0.3) is 0 Å². The summed E-state index contributed by atoms with van der Waals surface area (Å²) in [5, 5.41) is 0. The maximum absolute atomic E-state index is 11.7. The molecule has 1 aliphatic heterocycles. The van der Waals surface area contributed by atoms with Crippen LogP contribution in [0.1, 0.15) is 25.7 Å². The van der Waals surface area contributed by atoms with Crippen molar-refractivity contribution in [1.82, 2.24) is 9.88 Å². The number of ether oxygens (including phenoxy) is 1. The quantitative estimate of drug-likeness (QED) is 0.809. The van der Waals surface area contributed by atoms with Crippen LogP contribution in [-0.2, 0) is 16.1 Å². The molecule has 2 heterocycles. The molecular formula is C16H20N2O3. The van der Waals surface area contributed by atoms with Crippen LogP contribution < -0.4 is 0 Å². The normalized spacial score (nSPS) is 17.2. The molecule has 0 aliphatic carbocycles. The van der Waals surface area contributed by atoms with Gasteiger partial charge in [0.2, 0.25) is 5.89 Å². The smallest absolute Gasteiger partial charge is 0.309 e. The molecule has 0 bridgehead atoms. The molecule has 0 atom stereocenters. The van der Waals surface area contributed by atoms with Crippen LogP contribution in [0.5, 0.6) is 0 Å². The predicted molar refractivity (Wildman–Crippen MR) is 78.6 cm³/mol. The molecule has 1 aromatic carbocycles. The van der Waals surface area contributed by atoms with Gasteiger partial charge in [0.1, 0.15) is 5.52 Å². The van der Waals surface area contributed by atoms with E-state index in [1.54, 1.807) is 0 Å². The summed E-state index contributed by atoms with van der Waals surface area (Å²) in [6.07, 6.45) is 1.69. The summed E-state index contributed by atoms with van der Waals surface area (Å²) in [7, 11) is 0. The van der Waals surface area contributed by atoms with Gasteiger partial charge in [0.05, 0.1) is 19.1 Å². The Morgan fingerprint density at radius 1 is 1.38 bits per heavy atom. The molecule has 5 nitrogen and oxygen atoms in total. The van der Waals surface area contributed by atoms with E-state index in [0.717, 1.165) is 42.9 Å². The maximum Gasteiger partial charge on any atom is 0.309 e. The molecule has 21 heavy (non-hydrogen) atoms. The fourth-order valence-electron chi connectivity index (χ4n) is 2.77. The molecular weight excluding hydrogens is 268 g/mol. The Labute approximate surface area is 123 Å². The first-order valence-corrected chi connectivity index (χ1v) is 7.49. The highest BCUT2D eigenvalue weighted by Gasteiger charge is 2.26. The lowest BCUT2D eigenvalue weighted by atomic mass is 9.97. The van der Waals surface area contributed by atoms with Gasteiger partial charge in [-0.05, 0) is 45.0 Å². The average molecular weight is 288 g/mol. The molecule has 5 heteroatoms. The van der Waals surface area contributed by atoms with Crippen LogP contribution in [-0.4, -0.2) is 35.5 Å². The van der Waals surface area contributed by atoms with Crippen LogP contribution in [0.4, 0.5) is 0 Å². The summed E-state index contributed by atoms with van der Waals surface area (Å²) in [5.74, 6) is 0.731. The topological polar surface area (TPSA) is 55.6 Å². The van der Waals surface area contributed by atoms with Crippen molar-refractivity contribution in [2.45, 2.75) is 26.3 Å². The molecule has 0 saturated carbocycles. The summed E-state index contributed by atoms with van der Waals surface area (Å²) >= 11 is 0. The molecule has 0 amide bonds. The van der Waals surface area contributed by atoms with Crippen LogP contribution in [0.2, 0.25) is 0 Å². The van der Waals surface area contributed by atoms with Crippen LogP contribution in [0.3, 0.4) is 0 Å². The Morgan fingerprint density at radius 2 is 2.14 bits per heavy atom. The summed E-state index contributed by atoms with van der Waals surface area (Å²) in [5.41, 5.74) is 1.72. The molecule has 1 aliphatic rings. The third-order valence-electron chi connectivity index (χ3n) is 3.90. The van der Waals surface area contributed by atoms with Crippen molar-refractivity contribution >= 4 is 17.1 Å². The first-order chi connectivity index (χ1) is 10.3. The Morgan fingerprint density at radius 3 is 2.86 bits per heavy atom. The first-order valence-electron chi connectivity index (χ1n) is 7.49. The molecule has 1 aromatic heterocycles. The standard InChI is InChI=1S/C16H20N2O3/c1-2-20-16(19)12-7-9-18(10-8-12)11-15-17-13-5-3-4-6-14(13)21-15/h3-6,12H,2,7-11H2,1H3. The van der Waals surface area contributed by atoms with E-state index in [1.165, 1.54) is 0 Å². The van der Waals surface area contributed by atoms with Gasteiger partial charge < -0.3 is 9.15 Å². The van der Waals surface area contributed by atoms with Crippen molar-refractivity contribution in [3.05, 3.63) is 30.2 Å². The molecule has 2 aromatic rings. The number of oxazole rings is 1. The molecule has 0 N–H and O–H groups in total. The van der Waals surface area contributed by atoms with Gasteiger partial charge >= 0.3 is 5.97 Å². The number of piperidine rings is 1. The summed E-state index contributed by atoms with van der Waals surface area (Å²) < 4.78 is 10.8. The molecule has 112 valence electrons. The van der Waals surface area contributed by atoms with Gasteiger partial charge in [-0.1, -0.05) is 12.1 Å². The van der Waals surface area contributed by atoms with E-state index < -0.39 is 0 Å². The number of aromatic nitrogens is 1. The Hall–Kier alpha value is -1.88. The van der Waals surface area contributed by atoms with Gasteiger partial charge in [0, 0.05) is 0 Å². The highest BCUT2D eigenvalue weighted by Crippen LogP contribution is 2.21. The van der Waals surface area contributed by atoms with E-state index in [-0.39, 0.29) is 11.9 Å². The molecule has 0 unspecified atom stereocenters. The Kier molecular flexibility index (Phi) is 4.20. The maximum atomic E-state index is 11.7. The van der Waals surface area contributed by atoms with Crippen LogP contribution in [0, 0.1) is 5.92 Å². The van der Waals surface area contributed by atoms with Crippen molar-refractivity contribution < 1.29 is 13.9 Å². The van der Waals surface area contributed by atoms with Gasteiger partial charge in [-0.15, -0.1) is 0 Å². The number of carbonyl (C=O) groups is 1. The zero-order valence-electron chi connectivity index (χ0n) is 12.2. The zero-order valence-corrected chi connectivity index (χ0v) is 12.2. The average Bonchev–Trinajstić information content (AvgIpc) is 2.90. The number of likely N-dealkylation sites (tertiary alicyclic amines) is 1. The SMILES string of the molecule is CCOC(=O)C1CCN(Cc2nc3ccccc3o2)CC1. The van der Waals surface area contributed by atoms with E-state index in [0.29, 0.717) is 13.2 Å². The number of carbonyl (C=O) groups excluding carboxylic acids is 1. The summed E-state index contributed by atoms with van der Waals surface area (Å²) in [6, 6.07) is 7.79. The van der Waals surface area contributed by atoms with Crippen molar-refractivity contribution in [3.63, 3.8) is 0 Å². The number of rotatable bonds is 4. The second-order valence-electron chi connectivity index (χ2n) is 5.38. The minimum Gasteiger partial charge on any atom is -0.466 e. The molecule has 3 rings (SSSR count). The Balaban J connectivity index is 1.56. The minimum atomic E-state index is -0.0565. The first kappa shape index (κ1) is 14.1. The molecule has 1 fully saturated rings. The van der Waals surface area contributed by atoms with E-state index in [4.69, 9.17) is 9.15 Å². The number of hydrogen-bond acceptors (Lipinski definition) is 5. The largest absolute Gasteiger partial charge is 0.466 e. The number of hydrogen-bond donors (Lipinski definition) is 0. The van der Waals surface area contributed by atoms with Gasteiger partial charge in [-0.25, -0.2) is 4.98 Å². The van der Waals surface area contributed by atoms with Crippen LogP contribution >= 0.6 is 0 Å². The zero-order chi connectivity index (χ0) is 14.7. The number of fused-ring (bicyclic) bond motifs is 1. The van der Waals surface area contributed by atoms with Crippen molar-refractivity contribution in [3.8, 4) is 0 Å². The number of benzene rings is 1. The monoisotopic (exact) mass is 288 g/mol. The van der Waals surface area contributed by atoms with E-state index in [2.05, 4.69) is 9.88 Å². The van der Waals surface area contributed by atoms with E-state index in [1.807, 2.05) is 31.2 Å². The number of esters is 1. The highest BCUT2D eigenvalue weighted by molar-refractivity contribution is 5.72. The van der Waals surface area contributed by atoms with Crippen LogP contribution in [0.15, 0.2) is 28.7 Å². The summed E-state index contributed by atoms with van der Waals surface area (Å²) in [6.45, 7) is 4.76. The molecule has 1 saturated heterocycles. The third kappa shape index (κ3) is 3.24. The van der Waals surface area contributed by atoms with Gasteiger partial charge in [-0.2, -0.15) is 0 Å². The van der Waals surface area contributed by atoms with Crippen LogP contribution in [0.25, 0.3) is 11.1 Å². The number of para-hydroxylation sites is 2. The number of nitrogens with zero attached hydrogens (tertiary/aromatic N) is 2. The van der Waals surface area contributed by atoms with Crippen molar-refractivity contribution in [2.24, 2.45) is 5.92 Å². The second-order valence-corrected chi connectivity index (χ2v) is 5.38. The van der Waals surface area contributed by atoms with E-state index in [9.17, 15) is 4.79 Å². The lowest BCUT2D eigenvalue weighted by Gasteiger charge is -2.29. The van der Waals surface area contributed by atoms with Crippen molar-refractivity contribution in [1.29, 1.82) is 0 Å². The predicted octanol–water partition coefficient (Wildman–Crippen LogP) is 2.60. The fraction of sp³-hybridized carbons (Fsp3) is 0.500. The summed E-state index contributed by atoms with van der Waals surface area (Å²) in [4.78, 5) is 18.5. The third-order valence-corrected chi connectivity index (χ3v) is 3.90. The second kappa shape index (κ2) is 6.26. The Bertz CT molecular complexity index is 582. The van der Waals surface area contributed by atoms with Gasteiger partial charge in [-0.3, -0.25) is 9.69 Å². The lowest BCUT2D eigenvalue weighted by Crippen LogP contribution is -2.36.